The largest absolute Gasteiger partial charge is 0.481 e. The Labute approximate surface area is 88.8 Å². The van der Waals surface area contributed by atoms with Crippen molar-refractivity contribution in [3.63, 3.8) is 0 Å². The van der Waals surface area contributed by atoms with Crippen molar-refractivity contribution in [2.24, 2.45) is 5.73 Å². The van der Waals surface area contributed by atoms with Crippen molar-refractivity contribution < 1.29 is 19.4 Å². The third kappa shape index (κ3) is 10.6. The van der Waals surface area contributed by atoms with Gasteiger partial charge in [-0.3, -0.25) is 4.79 Å². The van der Waals surface area contributed by atoms with Crippen molar-refractivity contribution in [2.45, 2.75) is 25.7 Å². The van der Waals surface area contributed by atoms with Crippen LogP contribution < -0.4 is 11.1 Å². The molecule has 0 fully saturated rings. The fourth-order valence-corrected chi connectivity index (χ4v) is 0.971. The van der Waals surface area contributed by atoms with Gasteiger partial charge >= 0.3 is 12.1 Å². The Bertz CT molecular complexity index is 197. The number of carbonyl (C=O) groups excluding carboxylic acids is 1. The van der Waals surface area contributed by atoms with Crippen LogP contribution in [0.25, 0.3) is 0 Å². The molecule has 0 bridgehead atoms. The van der Waals surface area contributed by atoms with Gasteiger partial charge in [0.05, 0.1) is 0 Å². The monoisotopic (exact) mass is 218 g/mol. The molecule has 6 nitrogen and oxygen atoms in total. The van der Waals surface area contributed by atoms with E-state index in [1.165, 1.54) is 0 Å². The zero-order valence-electron chi connectivity index (χ0n) is 8.70. The molecule has 0 aromatic carbocycles. The molecule has 0 aromatic heterocycles. The molecule has 0 spiro atoms. The van der Waals surface area contributed by atoms with Gasteiger partial charge in [-0.25, -0.2) is 4.79 Å². The maximum atomic E-state index is 10.9. The van der Waals surface area contributed by atoms with Gasteiger partial charge in [0.15, 0.2) is 0 Å². The predicted molar refractivity (Wildman–Crippen MR) is 54.5 cm³/mol. The smallest absolute Gasteiger partial charge is 0.407 e. The van der Waals surface area contributed by atoms with Crippen molar-refractivity contribution in [3.05, 3.63) is 0 Å². The number of aliphatic carboxylic acids is 1. The summed E-state index contributed by atoms with van der Waals surface area (Å²) in [7, 11) is 0. The molecule has 88 valence electrons. The van der Waals surface area contributed by atoms with Gasteiger partial charge in [-0.05, 0) is 12.8 Å². The molecule has 0 rings (SSSR count). The number of nitrogens with two attached hydrogens (primary N) is 1. The summed E-state index contributed by atoms with van der Waals surface area (Å²) < 4.78 is 4.67. The molecule has 6 heteroatoms. The summed E-state index contributed by atoms with van der Waals surface area (Å²) >= 11 is 0. The van der Waals surface area contributed by atoms with Crippen LogP contribution in [0.15, 0.2) is 0 Å². The molecule has 1 amide bonds. The number of rotatable bonds is 8. The minimum atomic E-state index is -0.787. The van der Waals surface area contributed by atoms with Crippen LogP contribution in [0.4, 0.5) is 4.79 Å². The average Bonchev–Trinajstić information content (AvgIpc) is 2.19. The first-order valence-electron chi connectivity index (χ1n) is 4.99. The molecule has 0 aromatic rings. The number of carboxylic acids is 1. The number of nitrogens with one attached hydrogen (secondary N) is 1. The molecule has 0 heterocycles. The van der Waals surface area contributed by atoms with E-state index < -0.39 is 12.1 Å². The minimum Gasteiger partial charge on any atom is -0.481 e. The third-order valence-electron chi connectivity index (χ3n) is 1.69. The molecule has 15 heavy (non-hydrogen) atoms. The molecule has 0 atom stereocenters. The number of carbonyl (C=O) groups is 2. The van der Waals surface area contributed by atoms with Crippen molar-refractivity contribution >= 4 is 12.1 Å². The second kappa shape index (κ2) is 9.26. The summed E-state index contributed by atoms with van der Waals surface area (Å²) in [5.74, 6) is -0.787. The first-order valence-corrected chi connectivity index (χ1v) is 4.99. The van der Waals surface area contributed by atoms with E-state index in [0.717, 1.165) is 12.8 Å². The fourth-order valence-electron chi connectivity index (χ4n) is 0.971. The van der Waals surface area contributed by atoms with Crippen LogP contribution in [0.3, 0.4) is 0 Å². The zero-order valence-corrected chi connectivity index (χ0v) is 8.70. The lowest BCUT2D eigenvalue weighted by Gasteiger charge is -2.05. The SMILES string of the molecule is NCCOC(=O)NCCCCCC(=O)O. The molecule has 0 aliphatic rings. The van der Waals surface area contributed by atoms with E-state index in [0.29, 0.717) is 19.5 Å². The second-order valence-corrected chi connectivity index (χ2v) is 3.06. The average molecular weight is 218 g/mol. The summed E-state index contributed by atoms with van der Waals surface area (Å²) in [6.07, 6.45) is 1.87. The number of ether oxygens (including phenoxy) is 1. The predicted octanol–water partition coefficient (Wildman–Crippen LogP) is 0.316. The van der Waals surface area contributed by atoms with E-state index in [-0.39, 0.29) is 13.0 Å². The Morgan fingerprint density at radius 3 is 2.60 bits per heavy atom. The molecular formula is C9H18N2O4. The van der Waals surface area contributed by atoms with Gasteiger partial charge in [-0.15, -0.1) is 0 Å². The summed E-state index contributed by atoms with van der Waals surface area (Å²) in [5, 5.41) is 10.9. The van der Waals surface area contributed by atoms with E-state index >= 15 is 0 Å². The highest BCUT2D eigenvalue weighted by atomic mass is 16.5. The van der Waals surface area contributed by atoms with Crippen molar-refractivity contribution in [1.82, 2.24) is 5.32 Å². The topological polar surface area (TPSA) is 102 Å². The number of carboxylic acid groups (broad SMARTS) is 1. The van der Waals surface area contributed by atoms with E-state index in [1.54, 1.807) is 0 Å². The van der Waals surface area contributed by atoms with Crippen LogP contribution in [0.1, 0.15) is 25.7 Å². The third-order valence-corrected chi connectivity index (χ3v) is 1.69. The van der Waals surface area contributed by atoms with Gasteiger partial charge in [0.2, 0.25) is 0 Å². The first-order chi connectivity index (χ1) is 7.16. The molecule has 0 unspecified atom stereocenters. The Kier molecular flexibility index (Phi) is 8.46. The van der Waals surface area contributed by atoms with Crippen LogP contribution >= 0.6 is 0 Å². The van der Waals surface area contributed by atoms with Crippen molar-refractivity contribution in [1.29, 1.82) is 0 Å². The van der Waals surface area contributed by atoms with Crippen molar-refractivity contribution in [2.75, 3.05) is 19.7 Å². The number of hydrogen-bond donors (Lipinski definition) is 3. The summed E-state index contributed by atoms with van der Waals surface area (Å²) in [6, 6.07) is 0. The summed E-state index contributed by atoms with van der Waals surface area (Å²) in [4.78, 5) is 21.0. The maximum absolute atomic E-state index is 10.9. The number of hydrogen-bond acceptors (Lipinski definition) is 4. The van der Waals surface area contributed by atoms with Gasteiger partial charge in [0.1, 0.15) is 6.61 Å². The molecule has 0 aliphatic heterocycles. The first kappa shape index (κ1) is 13.7. The lowest BCUT2D eigenvalue weighted by atomic mass is 10.2. The Hall–Kier alpha value is -1.30. The summed E-state index contributed by atoms with van der Waals surface area (Å²) in [5.41, 5.74) is 5.14. The van der Waals surface area contributed by atoms with Crippen LogP contribution in [-0.4, -0.2) is 36.9 Å². The van der Waals surface area contributed by atoms with Gasteiger partial charge in [-0.1, -0.05) is 6.42 Å². The Morgan fingerprint density at radius 2 is 2.00 bits per heavy atom. The highest BCUT2D eigenvalue weighted by molar-refractivity contribution is 5.67. The summed E-state index contributed by atoms with van der Waals surface area (Å²) in [6.45, 7) is 1.03. The van der Waals surface area contributed by atoms with Gasteiger partial charge in [0, 0.05) is 19.5 Å². The lowest BCUT2D eigenvalue weighted by Crippen LogP contribution is -2.27. The van der Waals surface area contributed by atoms with E-state index in [9.17, 15) is 9.59 Å². The Morgan fingerprint density at radius 1 is 1.27 bits per heavy atom. The van der Waals surface area contributed by atoms with Crippen LogP contribution in [0, 0.1) is 0 Å². The van der Waals surface area contributed by atoms with E-state index in [2.05, 4.69) is 10.1 Å². The highest BCUT2D eigenvalue weighted by Gasteiger charge is 2.00. The molecule has 0 saturated carbocycles. The van der Waals surface area contributed by atoms with E-state index in [1.807, 2.05) is 0 Å². The van der Waals surface area contributed by atoms with Crippen LogP contribution in [0.2, 0.25) is 0 Å². The molecule has 0 aliphatic carbocycles. The second-order valence-electron chi connectivity index (χ2n) is 3.06. The molecular weight excluding hydrogens is 200 g/mol. The van der Waals surface area contributed by atoms with Crippen LogP contribution in [0.5, 0.6) is 0 Å². The van der Waals surface area contributed by atoms with Crippen LogP contribution in [-0.2, 0) is 9.53 Å². The quantitative estimate of drug-likeness (QED) is 0.509. The molecule has 0 radical (unpaired) electrons. The molecule has 0 saturated heterocycles. The number of amides is 1. The van der Waals surface area contributed by atoms with Gasteiger partial charge in [-0.2, -0.15) is 0 Å². The van der Waals surface area contributed by atoms with E-state index in [4.69, 9.17) is 10.8 Å². The fraction of sp³-hybridized carbons (Fsp3) is 0.778. The molecule has 4 N–H and O–H groups in total. The van der Waals surface area contributed by atoms with Gasteiger partial charge < -0.3 is 20.9 Å². The lowest BCUT2D eigenvalue weighted by molar-refractivity contribution is -0.137. The minimum absolute atomic E-state index is 0.178. The number of alkyl carbamates (subject to hydrolysis) is 1. The zero-order chi connectivity index (χ0) is 11.5. The highest BCUT2D eigenvalue weighted by Crippen LogP contribution is 1.98. The number of unbranched alkanes of at least 4 members (excludes halogenated alkanes) is 2. The normalized spacial score (nSPS) is 9.67. The Balaban J connectivity index is 3.16. The van der Waals surface area contributed by atoms with Gasteiger partial charge in [0.25, 0.3) is 0 Å². The standard InChI is InChI=1S/C9H18N2O4/c10-5-7-15-9(14)11-6-3-1-2-4-8(12)13/h1-7,10H2,(H,11,14)(H,12,13). The maximum Gasteiger partial charge on any atom is 0.407 e. The van der Waals surface area contributed by atoms with Crippen molar-refractivity contribution in [3.8, 4) is 0 Å².